The Hall–Kier alpha value is -3.26. The van der Waals surface area contributed by atoms with E-state index in [1.54, 1.807) is 36.4 Å². The van der Waals surface area contributed by atoms with Crippen molar-refractivity contribution in [1.82, 2.24) is 19.7 Å². The van der Waals surface area contributed by atoms with Crippen LogP contribution in [0.2, 0.25) is 0 Å². The molecule has 0 atom stereocenters. The van der Waals surface area contributed by atoms with Crippen molar-refractivity contribution in [3.05, 3.63) is 66.4 Å². The summed E-state index contributed by atoms with van der Waals surface area (Å²) in [6.07, 6.45) is 4.71. The van der Waals surface area contributed by atoms with Gasteiger partial charge in [-0.05, 0) is 29.8 Å². The molecular formula is C18H19N5O3. The minimum atomic E-state index is -0.288. The highest BCUT2D eigenvalue weighted by Gasteiger charge is 2.14. The number of anilines is 1. The van der Waals surface area contributed by atoms with Crippen LogP contribution in [-0.2, 0) is 11.3 Å². The largest absolute Gasteiger partial charge is 0.475 e. The van der Waals surface area contributed by atoms with Crippen molar-refractivity contribution in [2.75, 3.05) is 25.6 Å². The third-order valence-electron chi connectivity index (χ3n) is 3.54. The molecule has 0 bridgehead atoms. The van der Waals surface area contributed by atoms with Gasteiger partial charge in [0.1, 0.15) is 24.8 Å². The molecule has 1 aromatic carbocycles. The van der Waals surface area contributed by atoms with E-state index in [2.05, 4.69) is 20.4 Å². The molecule has 0 aliphatic heterocycles. The summed E-state index contributed by atoms with van der Waals surface area (Å²) in [5.74, 6) is -0.00996. The highest BCUT2D eigenvalue weighted by Crippen LogP contribution is 2.18. The van der Waals surface area contributed by atoms with Gasteiger partial charge < -0.3 is 14.8 Å². The molecule has 0 radical (unpaired) electrons. The summed E-state index contributed by atoms with van der Waals surface area (Å²) in [5, 5.41) is 6.95. The Morgan fingerprint density at radius 2 is 2.15 bits per heavy atom. The predicted molar refractivity (Wildman–Crippen MR) is 95.1 cm³/mol. The fourth-order valence-electron chi connectivity index (χ4n) is 2.35. The summed E-state index contributed by atoms with van der Waals surface area (Å²) in [7, 11) is 1.59. The van der Waals surface area contributed by atoms with Gasteiger partial charge in [-0.2, -0.15) is 5.10 Å². The van der Waals surface area contributed by atoms with E-state index in [4.69, 9.17) is 9.47 Å². The number of pyridine rings is 1. The molecule has 8 nitrogen and oxygen atoms in total. The first-order chi connectivity index (χ1) is 12.8. The summed E-state index contributed by atoms with van der Waals surface area (Å²) >= 11 is 0. The molecule has 0 spiro atoms. The first-order valence-electron chi connectivity index (χ1n) is 8.05. The van der Waals surface area contributed by atoms with E-state index in [-0.39, 0.29) is 11.8 Å². The number of nitrogens with one attached hydrogen (secondary N) is 1. The van der Waals surface area contributed by atoms with Crippen LogP contribution in [0, 0.1) is 0 Å². The number of hydrogen-bond donors (Lipinski definition) is 1. The van der Waals surface area contributed by atoms with E-state index in [1.807, 2.05) is 24.3 Å². The third kappa shape index (κ3) is 4.64. The quantitative estimate of drug-likeness (QED) is 0.623. The summed E-state index contributed by atoms with van der Waals surface area (Å²) in [5.41, 5.74) is 2.04. The average molecular weight is 353 g/mol. The molecule has 0 saturated heterocycles. The zero-order chi connectivity index (χ0) is 18.2. The molecule has 2 aromatic heterocycles. The average Bonchev–Trinajstić information content (AvgIpc) is 3.15. The van der Waals surface area contributed by atoms with E-state index in [9.17, 15) is 4.79 Å². The summed E-state index contributed by atoms with van der Waals surface area (Å²) < 4.78 is 12.2. The molecule has 0 saturated carbocycles. The van der Waals surface area contributed by atoms with Gasteiger partial charge in [0.15, 0.2) is 0 Å². The number of hydrogen-bond acceptors (Lipinski definition) is 6. The van der Waals surface area contributed by atoms with Crippen LogP contribution >= 0.6 is 0 Å². The molecule has 0 aliphatic rings. The van der Waals surface area contributed by atoms with Gasteiger partial charge in [0.25, 0.3) is 5.91 Å². The molecule has 134 valence electrons. The van der Waals surface area contributed by atoms with E-state index < -0.39 is 0 Å². The van der Waals surface area contributed by atoms with E-state index in [1.165, 1.54) is 6.33 Å². The second-order valence-electron chi connectivity index (χ2n) is 5.44. The van der Waals surface area contributed by atoms with Crippen molar-refractivity contribution < 1.29 is 14.3 Å². The maximum atomic E-state index is 12.6. The maximum absolute atomic E-state index is 12.6. The molecule has 0 aliphatic carbocycles. The van der Waals surface area contributed by atoms with Crippen molar-refractivity contribution in [1.29, 1.82) is 0 Å². The smallest absolute Gasteiger partial charge is 0.261 e. The number of rotatable bonds is 8. The molecule has 0 fully saturated rings. The topological polar surface area (TPSA) is 91.2 Å². The fraction of sp³-hybridized carbons (Fsp3) is 0.222. The zero-order valence-corrected chi connectivity index (χ0v) is 14.3. The molecule has 8 heteroatoms. The van der Waals surface area contributed by atoms with Crippen LogP contribution < -0.4 is 10.1 Å². The summed E-state index contributed by atoms with van der Waals surface area (Å²) in [6.45, 7) is 1.31. The van der Waals surface area contributed by atoms with Crippen LogP contribution in [0.25, 0.3) is 0 Å². The number of carbonyl (C=O) groups excluding carboxylic acids is 1. The van der Waals surface area contributed by atoms with Crippen molar-refractivity contribution in [3.8, 4) is 5.88 Å². The maximum Gasteiger partial charge on any atom is 0.261 e. The minimum Gasteiger partial charge on any atom is -0.475 e. The lowest BCUT2D eigenvalue weighted by atomic mass is 10.2. The van der Waals surface area contributed by atoms with Gasteiger partial charge in [-0.15, -0.1) is 0 Å². The van der Waals surface area contributed by atoms with Crippen molar-refractivity contribution in [3.63, 3.8) is 0 Å². The Morgan fingerprint density at radius 1 is 1.23 bits per heavy atom. The third-order valence-corrected chi connectivity index (χ3v) is 3.54. The van der Waals surface area contributed by atoms with Crippen LogP contribution in [0.15, 0.2) is 55.2 Å². The van der Waals surface area contributed by atoms with E-state index in [0.717, 1.165) is 5.56 Å². The minimum absolute atomic E-state index is 0.279. The number of aromatic nitrogens is 4. The van der Waals surface area contributed by atoms with Crippen LogP contribution in [0.5, 0.6) is 5.88 Å². The van der Waals surface area contributed by atoms with Crippen LogP contribution in [-0.4, -0.2) is 46.0 Å². The van der Waals surface area contributed by atoms with Gasteiger partial charge >= 0.3 is 0 Å². The molecule has 26 heavy (non-hydrogen) atoms. The highest BCUT2D eigenvalue weighted by atomic mass is 16.5. The van der Waals surface area contributed by atoms with Crippen molar-refractivity contribution in [2.45, 2.75) is 6.54 Å². The van der Waals surface area contributed by atoms with Crippen LogP contribution in [0.4, 0.5) is 5.69 Å². The number of ether oxygens (including phenoxy) is 2. The Kier molecular flexibility index (Phi) is 5.89. The molecule has 3 rings (SSSR count). The van der Waals surface area contributed by atoms with Crippen molar-refractivity contribution in [2.24, 2.45) is 0 Å². The standard InChI is InChI=1S/C18H19N5O3/c1-25-8-9-26-18-16(6-3-7-20-18)17(24)22-15-5-2-4-14(10-15)11-23-13-19-12-21-23/h2-7,10,12-13H,8-9,11H2,1H3,(H,22,24). The van der Waals surface area contributed by atoms with Gasteiger partial charge in [0.05, 0.1) is 13.2 Å². The molecule has 2 heterocycles. The monoisotopic (exact) mass is 353 g/mol. The van der Waals surface area contributed by atoms with Crippen LogP contribution in [0.3, 0.4) is 0 Å². The molecular weight excluding hydrogens is 334 g/mol. The SMILES string of the molecule is COCCOc1ncccc1C(=O)Nc1cccc(Cn2cncn2)c1. The lowest BCUT2D eigenvalue weighted by Gasteiger charge is -2.11. The molecule has 0 unspecified atom stereocenters. The Bertz CT molecular complexity index is 852. The first-order valence-corrected chi connectivity index (χ1v) is 8.05. The predicted octanol–water partition coefficient (Wildman–Crippen LogP) is 2.00. The van der Waals surface area contributed by atoms with Gasteiger partial charge in [-0.25, -0.2) is 14.6 Å². The normalized spacial score (nSPS) is 10.5. The summed E-state index contributed by atoms with van der Waals surface area (Å²) in [6, 6.07) is 10.9. The van der Waals surface area contributed by atoms with Gasteiger partial charge in [0, 0.05) is 19.0 Å². The Balaban J connectivity index is 1.70. The van der Waals surface area contributed by atoms with E-state index in [0.29, 0.717) is 31.0 Å². The van der Waals surface area contributed by atoms with E-state index >= 15 is 0 Å². The lowest BCUT2D eigenvalue weighted by Crippen LogP contribution is -2.16. The fourth-order valence-corrected chi connectivity index (χ4v) is 2.35. The number of amides is 1. The second kappa shape index (κ2) is 8.72. The molecule has 1 N–H and O–H groups in total. The van der Waals surface area contributed by atoms with Gasteiger partial charge in [-0.3, -0.25) is 4.79 Å². The molecule has 3 aromatic rings. The second-order valence-corrected chi connectivity index (χ2v) is 5.44. The van der Waals surface area contributed by atoms with Gasteiger partial charge in [-0.1, -0.05) is 12.1 Å². The van der Waals surface area contributed by atoms with Crippen LogP contribution in [0.1, 0.15) is 15.9 Å². The number of methoxy groups -OCH3 is 1. The zero-order valence-electron chi connectivity index (χ0n) is 14.3. The number of benzene rings is 1. The Morgan fingerprint density at radius 3 is 2.96 bits per heavy atom. The van der Waals surface area contributed by atoms with Crippen molar-refractivity contribution >= 4 is 11.6 Å². The number of carbonyl (C=O) groups is 1. The highest BCUT2D eigenvalue weighted by molar-refractivity contribution is 6.05. The molecule has 1 amide bonds. The number of nitrogens with zero attached hydrogens (tertiary/aromatic N) is 4. The van der Waals surface area contributed by atoms with Gasteiger partial charge in [0.2, 0.25) is 5.88 Å². The Labute approximate surface area is 150 Å². The lowest BCUT2D eigenvalue weighted by molar-refractivity contribution is 0.101. The summed E-state index contributed by atoms with van der Waals surface area (Å²) in [4.78, 5) is 20.7. The first kappa shape index (κ1) is 17.6.